The molecule has 0 aromatic heterocycles. The van der Waals surface area contributed by atoms with Crippen molar-refractivity contribution < 1.29 is 19.1 Å². The van der Waals surface area contributed by atoms with Gasteiger partial charge in [-0.05, 0) is 42.3 Å². The maximum Gasteiger partial charge on any atom is 0.255 e. The minimum absolute atomic E-state index is 0.0420. The number of carbonyl (C=O) groups excluding carboxylic acids is 2. The molecule has 0 spiro atoms. The molecule has 0 radical (unpaired) electrons. The van der Waals surface area contributed by atoms with E-state index in [0.717, 1.165) is 22.1 Å². The van der Waals surface area contributed by atoms with Crippen molar-refractivity contribution in [2.75, 3.05) is 23.6 Å². The average molecular weight is 403 g/mol. The number of benzene rings is 2. The van der Waals surface area contributed by atoms with Crippen LogP contribution in [0.4, 0.5) is 11.4 Å². The maximum absolute atomic E-state index is 12.7. The summed E-state index contributed by atoms with van der Waals surface area (Å²) in [7, 11) is 0. The fraction of sp³-hybridized carbons (Fsp3) is 0.222. The molecule has 0 saturated carbocycles. The Labute approximate surface area is 152 Å². The second kappa shape index (κ2) is 6.07. The summed E-state index contributed by atoms with van der Waals surface area (Å²) in [6, 6.07) is 8.84. The van der Waals surface area contributed by atoms with Gasteiger partial charge in [-0.1, -0.05) is 15.9 Å². The third kappa shape index (κ3) is 2.84. The summed E-state index contributed by atoms with van der Waals surface area (Å²) < 4.78 is 11.4. The lowest BCUT2D eigenvalue weighted by molar-refractivity contribution is -0.116. The van der Waals surface area contributed by atoms with Crippen molar-refractivity contribution >= 4 is 39.1 Å². The highest BCUT2D eigenvalue weighted by Gasteiger charge is 2.27. The van der Waals surface area contributed by atoms with Crippen molar-refractivity contribution in [2.24, 2.45) is 0 Å². The molecule has 0 atom stereocenters. The Balaban J connectivity index is 1.67. The predicted molar refractivity (Wildman–Crippen MR) is 96.4 cm³/mol. The van der Waals surface area contributed by atoms with Gasteiger partial charge in [-0.15, -0.1) is 0 Å². The van der Waals surface area contributed by atoms with E-state index in [2.05, 4.69) is 21.2 Å². The molecule has 0 bridgehead atoms. The molecule has 0 unspecified atom stereocenters. The number of nitrogens with one attached hydrogen (secondary N) is 1. The zero-order chi connectivity index (χ0) is 17.6. The summed E-state index contributed by atoms with van der Waals surface area (Å²) in [5, 5.41) is 2.92. The van der Waals surface area contributed by atoms with Crippen LogP contribution in [0.1, 0.15) is 22.8 Å². The molecule has 0 saturated heterocycles. The minimum atomic E-state index is -0.269. The summed E-state index contributed by atoms with van der Waals surface area (Å²) in [4.78, 5) is 26.3. The van der Waals surface area contributed by atoms with E-state index in [1.807, 2.05) is 12.1 Å². The molecular formula is C18H15BrN2O4. The van der Waals surface area contributed by atoms with E-state index in [1.165, 1.54) is 6.92 Å². The number of amides is 2. The smallest absolute Gasteiger partial charge is 0.255 e. The van der Waals surface area contributed by atoms with E-state index in [9.17, 15) is 9.59 Å². The summed E-state index contributed by atoms with van der Waals surface area (Å²) in [6.45, 7) is 2.31. The summed E-state index contributed by atoms with van der Waals surface area (Å²) in [5.41, 5.74) is 2.88. The lowest BCUT2D eigenvalue weighted by Gasteiger charge is -2.19. The number of halogens is 1. The second-order valence-electron chi connectivity index (χ2n) is 5.90. The number of hydrogen-bond donors (Lipinski definition) is 1. The van der Waals surface area contributed by atoms with Gasteiger partial charge in [0.2, 0.25) is 12.7 Å². The average Bonchev–Trinajstić information content (AvgIpc) is 3.20. The van der Waals surface area contributed by atoms with Gasteiger partial charge >= 0.3 is 0 Å². The fourth-order valence-corrected chi connectivity index (χ4v) is 3.66. The van der Waals surface area contributed by atoms with Crippen LogP contribution in [0.2, 0.25) is 0 Å². The van der Waals surface area contributed by atoms with Crippen LogP contribution >= 0.6 is 15.9 Å². The Morgan fingerprint density at radius 2 is 1.96 bits per heavy atom. The van der Waals surface area contributed by atoms with Gasteiger partial charge in [0.1, 0.15) is 0 Å². The molecule has 6 nitrogen and oxygen atoms in total. The van der Waals surface area contributed by atoms with E-state index in [4.69, 9.17) is 9.47 Å². The third-order valence-electron chi connectivity index (χ3n) is 4.29. The van der Waals surface area contributed by atoms with Crippen LogP contribution in [0, 0.1) is 0 Å². The first-order valence-electron chi connectivity index (χ1n) is 7.84. The van der Waals surface area contributed by atoms with E-state index in [-0.39, 0.29) is 18.6 Å². The van der Waals surface area contributed by atoms with Crippen molar-refractivity contribution in [2.45, 2.75) is 13.3 Å². The molecule has 0 aliphatic carbocycles. The van der Waals surface area contributed by atoms with Gasteiger partial charge in [0.15, 0.2) is 11.5 Å². The number of ether oxygens (including phenoxy) is 2. The quantitative estimate of drug-likeness (QED) is 0.836. The Morgan fingerprint density at radius 3 is 2.76 bits per heavy atom. The van der Waals surface area contributed by atoms with Gasteiger partial charge in [0, 0.05) is 23.5 Å². The van der Waals surface area contributed by atoms with E-state index < -0.39 is 0 Å². The Kier molecular flexibility index (Phi) is 3.88. The van der Waals surface area contributed by atoms with Crippen LogP contribution in [0.5, 0.6) is 11.5 Å². The van der Waals surface area contributed by atoms with E-state index >= 15 is 0 Å². The van der Waals surface area contributed by atoms with Crippen molar-refractivity contribution in [3.05, 3.63) is 45.9 Å². The Morgan fingerprint density at radius 1 is 1.16 bits per heavy atom. The molecule has 2 aromatic carbocycles. The first-order valence-corrected chi connectivity index (χ1v) is 8.64. The maximum atomic E-state index is 12.7. The Bertz CT molecular complexity index is 897. The van der Waals surface area contributed by atoms with Gasteiger partial charge in [-0.3, -0.25) is 9.59 Å². The normalized spacial score (nSPS) is 14.4. The molecule has 1 N–H and O–H groups in total. The number of carbonyl (C=O) groups is 2. The lowest BCUT2D eigenvalue weighted by Crippen LogP contribution is -2.27. The number of rotatable bonds is 2. The van der Waals surface area contributed by atoms with Crippen LogP contribution in [0.15, 0.2) is 34.8 Å². The predicted octanol–water partition coefficient (Wildman–Crippen LogP) is 3.34. The molecule has 2 amide bonds. The van der Waals surface area contributed by atoms with Crippen LogP contribution < -0.4 is 19.7 Å². The summed E-state index contributed by atoms with van der Waals surface area (Å²) >= 11 is 3.47. The third-order valence-corrected chi connectivity index (χ3v) is 4.75. The standard InChI is InChI=1S/C18H15BrN2O4/c1-10(22)21-5-4-11-6-13(19)8-14(17(11)21)20-18(23)12-2-3-15-16(7-12)25-9-24-15/h2-3,6-8H,4-5,9H2,1H3,(H,20,23). The highest BCUT2D eigenvalue weighted by Crippen LogP contribution is 2.39. The molecule has 4 rings (SSSR count). The van der Waals surface area contributed by atoms with E-state index in [1.54, 1.807) is 23.1 Å². The van der Waals surface area contributed by atoms with Crippen LogP contribution in [-0.2, 0) is 11.2 Å². The van der Waals surface area contributed by atoms with Crippen molar-refractivity contribution in [1.82, 2.24) is 0 Å². The van der Waals surface area contributed by atoms with Gasteiger partial charge < -0.3 is 19.7 Å². The molecule has 128 valence electrons. The van der Waals surface area contributed by atoms with Crippen molar-refractivity contribution in [3.63, 3.8) is 0 Å². The second-order valence-corrected chi connectivity index (χ2v) is 6.82. The first kappa shape index (κ1) is 16.0. The molecule has 0 fully saturated rings. The molecule has 7 heteroatoms. The zero-order valence-electron chi connectivity index (χ0n) is 13.5. The largest absolute Gasteiger partial charge is 0.454 e. The zero-order valence-corrected chi connectivity index (χ0v) is 15.1. The van der Waals surface area contributed by atoms with Gasteiger partial charge in [-0.2, -0.15) is 0 Å². The fourth-order valence-electron chi connectivity index (χ4n) is 3.15. The van der Waals surface area contributed by atoms with Crippen LogP contribution in [0.3, 0.4) is 0 Å². The SMILES string of the molecule is CC(=O)N1CCc2cc(Br)cc(NC(=O)c3ccc4c(c3)OCO4)c21. The molecule has 2 aliphatic heterocycles. The van der Waals surface area contributed by atoms with Crippen molar-refractivity contribution in [3.8, 4) is 11.5 Å². The highest BCUT2D eigenvalue weighted by molar-refractivity contribution is 9.10. The van der Waals surface area contributed by atoms with Crippen LogP contribution in [-0.4, -0.2) is 25.2 Å². The van der Waals surface area contributed by atoms with Gasteiger partial charge in [0.05, 0.1) is 11.4 Å². The number of anilines is 2. The van der Waals surface area contributed by atoms with Crippen molar-refractivity contribution in [1.29, 1.82) is 0 Å². The monoisotopic (exact) mass is 402 g/mol. The van der Waals surface area contributed by atoms with Gasteiger partial charge in [0.25, 0.3) is 5.91 Å². The summed E-state index contributed by atoms with van der Waals surface area (Å²) in [5.74, 6) is 0.869. The van der Waals surface area contributed by atoms with E-state index in [0.29, 0.717) is 29.3 Å². The molecule has 25 heavy (non-hydrogen) atoms. The Hall–Kier alpha value is -2.54. The summed E-state index contributed by atoms with van der Waals surface area (Å²) in [6.07, 6.45) is 0.765. The number of nitrogens with zero attached hydrogens (tertiary/aromatic N) is 1. The molecule has 2 aliphatic rings. The minimum Gasteiger partial charge on any atom is -0.454 e. The molecule has 2 heterocycles. The van der Waals surface area contributed by atoms with Crippen LogP contribution in [0.25, 0.3) is 0 Å². The molecule has 2 aromatic rings. The topological polar surface area (TPSA) is 67.9 Å². The lowest BCUT2D eigenvalue weighted by atomic mass is 10.1. The first-order chi connectivity index (χ1) is 12.0. The highest BCUT2D eigenvalue weighted by atomic mass is 79.9. The molecular weight excluding hydrogens is 388 g/mol. The number of fused-ring (bicyclic) bond motifs is 2. The van der Waals surface area contributed by atoms with Gasteiger partial charge in [-0.25, -0.2) is 0 Å². The number of hydrogen-bond acceptors (Lipinski definition) is 4.